The highest BCUT2D eigenvalue weighted by Gasteiger charge is 2.14. The molecule has 202 valence electrons. The van der Waals surface area contributed by atoms with Crippen molar-refractivity contribution in [2.24, 2.45) is 5.10 Å². The number of nitrogens with one attached hydrogen (secondary N) is 3. The molecule has 0 aliphatic carbocycles. The fourth-order valence-electron chi connectivity index (χ4n) is 3.90. The monoisotopic (exact) mass is 551 g/mol. The number of urea groups is 1. The number of phenolic OH excluding ortho intramolecular Hbond substituents is 1. The summed E-state index contributed by atoms with van der Waals surface area (Å²) in [5.41, 5.74) is 5.12. The van der Waals surface area contributed by atoms with Crippen LogP contribution in [0.5, 0.6) is 11.5 Å². The highest BCUT2D eigenvalue weighted by atomic mass is 35.5. The van der Waals surface area contributed by atoms with Crippen molar-refractivity contribution >= 4 is 57.6 Å². The normalized spacial score (nSPS) is 11.0. The van der Waals surface area contributed by atoms with Gasteiger partial charge in [-0.3, -0.25) is 0 Å². The second kappa shape index (κ2) is 12.3. The van der Waals surface area contributed by atoms with Gasteiger partial charge in [0.1, 0.15) is 29.5 Å². The van der Waals surface area contributed by atoms with Crippen LogP contribution in [-0.2, 0) is 0 Å². The van der Waals surface area contributed by atoms with E-state index in [1.54, 1.807) is 24.3 Å². The third kappa shape index (κ3) is 6.44. The highest BCUT2D eigenvalue weighted by Crippen LogP contribution is 2.33. The summed E-state index contributed by atoms with van der Waals surface area (Å²) in [6.45, 7) is 5.70. The molecular weight excluding hydrogens is 525 g/mol. The number of fused-ring (bicyclic) bond motifs is 1. The van der Waals surface area contributed by atoms with E-state index in [9.17, 15) is 14.3 Å². The predicted molar refractivity (Wildman–Crippen MR) is 152 cm³/mol. The molecule has 3 aromatic carbocycles. The molecule has 4 rings (SSSR count). The lowest BCUT2D eigenvalue weighted by atomic mass is 10.2. The van der Waals surface area contributed by atoms with E-state index in [4.69, 9.17) is 16.3 Å². The van der Waals surface area contributed by atoms with Crippen LogP contribution in [0.3, 0.4) is 0 Å². The number of carbonyl (C=O) groups excluding carboxylic acids is 1. The summed E-state index contributed by atoms with van der Waals surface area (Å²) in [5.74, 6) is 0.284. The molecule has 0 unspecified atom stereocenters. The smallest absolute Gasteiger partial charge is 0.339 e. The zero-order valence-electron chi connectivity index (χ0n) is 21.5. The number of ether oxygens (including phenoxy) is 1. The maximum absolute atomic E-state index is 13.6. The summed E-state index contributed by atoms with van der Waals surface area (Å²) in [4.78, 5) is 23.2. The van der Waals surface area contributed by atoms with Crippen LogP contribution in [0, 0.1) is 5.82 Å². The molecule has 0 aliphatic heterocycles. The summed E-state index contributed by atoms with van der Waals surface area (Å²) < 4.78 is 19.0. The number of amides is 2. The first-order valence-electron chi connectivity index (χ1n) is 12.1. The topological polar surface area (TPSA) is 124 Å². The van der Waals surface area contributed by atoms with Gasteiger partial charge < -0.3 is 25.4 Å². The molecule has 0 atom stereocenters. The van der Waals surface area contributed by atoms with Crippen LogP contribution >= 0.6 is 11.6 Å². The van der Waals surface area contributed by atoms with Crippen LogP contribution in [0.4, 0.5) is 32.1 Å². The van der Waals surface area contributed by atoms with Crippen LogP contribution < -0.4 is 25.7 Å². The van der Waals surface area contributed by atoms with Crippen LogP contribution in [0.15, 0.2) is 60.0 Å². The molecule has 0 saturated heterocycles. The number of hydrogen-bond donors (Lipinski definition) is 4. The Hall–Kier alpha value is -4.64. The van der Waals surface area contributed by atoms with E-state index in [2.05, 4.69) is 36.0 Å². The van der Waals surface area contributed by atoms with E-state index < -0.39 is 11.8 Å². The third-order valence-corrected chi connectivity index (χ3v) is 6.19. The Morgan fingerprint density at radius 3 is 2.64 bits per heavy atom. The standard InChI is InChI=1S/C27H27ClFN7O3/c1-4-36(5-2)18-8-6-16(24(37)11-18)14-32-35-27(38)34-23-12-19-22(13-25(23)39-3)30-15-31-26(19)33-17-7-9-21(29)20(28)10-17/h6-15,37H,4-5H2,1-3H3,(H,30,31,33)(H2,34,35,38)/b32-14+. The van der Waals surface area contributed by atoms with E-state index in [1.807, 2.05) is 19.9 Å². The maximum atomic E-state index is 13.6. The van der Waals surface area contributed by atoms with Crippen molar-refractivity contribution in [2.75, 3.05) is 35.7 Å². The van der Waals surface area contributed by atoms with Crippen LogP contribution in [0.2, 0.25) is 5.02 Å². The van der Waals surface area contributed by atoms with Crippen molar-refractivity contribution < 1.29 is 19.0 Å². The number of aromatic hydroxyl groups is 1. The van der Waals surface area contributed by atoms with E-state index in [0.717, 1.165) is 18.8 Å². The first kappa shape index (κ1) is 27.4. The fourth-order valence-corrected chi connectivity index (χ4v) is 4.08. The molecule has 0 saturated carbocycles. The predicted octanol–water partition coefficient (Wildman–Crippen LogP) is 5.88. The first-order valence-corrected chi connectivity index (χ1v) is 12.4. The number of aromatic nitrogens is 2. The molecule has 2 amide bonds. The van der Waals surface area contributed by atoms with Gasteiger partial charge >= 0.3 is 6.03 Å². The fraction of sp³-hybridized carbons (Fsp3) is 0.185. The number of carbonyl (C=O) groups is 1. The Balaban J connectivity index is 1.51. The van der Waals surface area contributed by atoms with Gasteiger partial charge in [-0.15, -0.1) is 0 Å². The number of hydrogen-bond acceptors (Lipinski definition) is 8. The Bertz CT molecular complexity index is 1530. The Morgan fingerprint density at radius 2 is 1.95 bits per heavy atom. The minimum atomic E-state index is -0.639. The van der Waals surface area contributed by atoms with Crippen molar-refractivity contribution in [1.29, 1.82) is 0 Å². The SMILES string of the molecule is CCN(CC)c1ccc(/C=N/NC(=O)Nc2cc3c(Nc4ccc(F)c(Cl)c4)ncnc3cc2OC)c(O)c1. The molecule has 0 spiro atoms. The number of nitrogens with zero attached hydrogens (tertiary/aromatic N) is 4. The lowest BCUT2D eigenvalue weighted by Gasteiger charge is -2.21. The van der Waals surface area contributed by atoms with Crippen molar-refractivity contribution in [3.8, 4) is 11.5 Å². The van der Waals surface area contributed by atoms with Crippen molar-refractivity contribution in [2.45, 2.75) is 13.8 Å². The number of anilines is 4. The van der Waals surface area contributed by atoms with Gasteiger partial charge in [-0.25, -0.2) is 24.6 Å². The molecule has 12 heteroatoms. The molecule has 0 fully saturated rings. The second-order valence-corrected chi connectivity index (χ2v) is 8.69. The molecule has 0 aliphatic rings. The number of methoxy groups -OCH3 is 1. The number of halogens is 2. The van der Waals surface area contributed by atoms with Gasteiger partial charge in [0.05, 0.1) is 29.6 Å². The Labute approximate surface area is 229 Å². The molecule has 1 aromatic heterocycles. The van der Waals surface area contributed by atoms with E-state index in [-0.39, 0.29) is 10.8 Å². The third-order valence-electron chi connectivity index (χ3n) is 5.90. The molecule has 0 radical (unpaired) electrons. The molecule has 39 heavy (non-hydrogen) atoms. The molecule has 0 bridgehead atoms. The number of phenols is 1. The first-order chi connectivity index (χ1) is 18.8. The van der Waals surface area contributed by atoms with Gasteiger partial charge in [-0.05, 0) is 50.2 Å². The summed E-state index contributed by atoms with van der Waals surface area (Å²) in [6.07, 6.45) is 2.72. The average Bonchev–Trinajstić information content (AvgIpc) is 2.92. The zero-order chi connectivity index (χ0) is 27.9. The van der Waals surface area contributed by atoms with Crippen LogP contribution in [-0.4, -0.2) is 47.5 Å². The van der Waals surface area contributed by atoms with Gasteiger partial charge in [0.2, 0.25) is 0 Å². The average molecular weight is 552 g/mol. The van der Waals surface area contributed by atoms with Gasteiger partial charge in [0, 0.05) is 47.5 Å². The second-order valence-electron chi connectivity index (χ2n) is 8.29. The quantitative estimate of drug-likeness (QED) is 0.151. The minimum absolute atomic E-state index is 0.0345. The maximum Gasteiger partial charge on any atom is 0.339 e. The van der Waals surface area contributed by atoms with Gasteiger partial charge in [0.25, 0.3) is 0 Å². The van der Waals surface area contributed by atoms with Gasteiger partial charge in [-0.1, -0.05) is 11.6 Å². The van der Waals surface area contributed by atoms with Crippen molar-refractivity contribution in [1.82, 2.24) is 15.4 Å². The lowest BCUT2D eigenvalue weighted by Crippen LogP contribution is -2.24. The number of hydrazone groups is 1. The lowest BCUT2D eigenvalue weighted by molar-refractivity contribution is 0.252. The summed E-state index contributed by atoms with van der Waals surface area (Å²) in [6, 6.07) is 12.1. The Morgan fingerprint density at radius 1 is 1.15 bits per heavy atom. The number of rotatable bonds is 9. The van der Waals surface area contributed by atoms with E-state index in [0.29, 0.717) is 39.4 Å². The molecule has 4 aromatic rings. The molecular formula is C27H27ClFN7O3. The summed E-state index contributed by atoms with van der Waals surface area (Å²) >= 11 is 5.90. The highest BCUT2D eigenvalue weighted by molar-refractivity contribution is 6.31. The van der Waals surface area contributed by atoms with Crippen LogP contribution in [0.1, 0.15) is 19.4 Å². The van der Waals surface area contributed by atoms with Crippen molar-refractivity contribution in [3.63, 3.8) is 0 Å². The van der Waals surface area contributed by atoms with E-state index in [1.165, 1.54) is 37.9 Å². The molecule has 10 nitrogen and oxygen atoms in total. The molecule has 1 heterocycles. The summed E-state index contributed by atoms with van der Waals surface area (Å²) in [5, 5.41) is 20.6. The number of benzene rings is 3. The molecule has 4 N–H and O–H groups in total. The van der Waals surface area contributed by atoms with Crippen LogP contribution in [0.25, 0.3) is 10.9 Å². The largest absolute Gasteiger partial charge is 0.507 e. The minimum Gasteiger partial charge on any atom is -0.507 e. The van der Waals surface area contributed by atoms with E-state index >= 15 is 0 Å². The summed E-state index contributed by atoms with van der Waals surface area (Å²) in [7, 11) is 1.47. The van der Waals surface area contributed by atoms with Gasteiger partial charge in [-0.2, -0.15) is 5.10 Å². The van der Waals surface area contributed by atoms with Gasteiger partial charge in [0.15, 0.2) is 0 Å². The Kier molecular flexibility index (Phi) is 8.62. The van der Waals surface area contributed by atoms with Crippen molar-refractivity contribution in [3.05, 3.63) is 71.3 Å². The zero-order valence-corrected chi connectivity index (χ0v) is 22.3.